The van der Waals surface area contributed by atoms with E-state index in [0.717, 1.165) is 30.4 Å². The van der Waals surface area contributed by atoms with Gasteiger partial charge in [0.2, 0.25) is 0 Å². The number of nitrogens with zero attached hydrogens (tertiary/aromatic N) is 5. The summed E-state index contributed by atoms with van der Waals surface area (Å²) < 4.78 is 44.7. The summed E-state index contributed by atoms with van der Waals surface area (Å²) in [7, 11) is 0. The lowest BCUT2D eigenvalue weighted by atomic mass is 10.1. The fourth-order valence-electron chi connectivity index (χ4n) is 3.37. The molecule has 0 aliphatic rings. The Labute approximate surface area is 208 Å². The summed E-state index contributed by atoms with van der Waals surface area (Å²) in [5.41, 5.74) is 1.30. The van der Waals surface area contributed by atoms with Crippen molar-refractivity contribution >= 4 is 29.9 Å². The van der Waals surface area contributed by atoms with Crippen molar-refractivity contribution in [3.8, 4) is 5.69 Å². The lowest BCUT2D eigenvalue weighted by molar-refractivity contribution is -0.138. The van der Waals surface area contributed by atoms with Crippen LogP contribution in [0.4, 0.5) is 13.2 Å². The second-order valence-electron chi connectivity index (χ2n) is 7.42. The van der Waals surface area contributed by atoms with Crippen molar-refractivity contribution in [2.75, 3.05) is 13.1 Å². The maximum Gasteiger partial charge on any atom is 0.416 e. The van der Waals surface area contributed by atoms with E-state index >= 15 is 0 Å². The molecule has 0 saturated heterocycles. The van der Waals surface area contributed by atoms with Crippen LogP contribution in [0, 0.1) is 13.8 Å². The number of rotatable bonds is 8. The SMILES string of the molecule is CCNC(=NCc1ccc(-n2nc(C)cc2C)cc1C(F)(F)F)NCCCn1cccn1.I. The van der Waals surface area contributed by atoms with Gasteiger partial charge >= 0.3 is 6.18 Å². The zero-order chi connectivity index (χ0) is 23.1. The number of nitrogens with one attached hydrogen (secondary N) is 2. The number of aliphatic imine (C=N–C) groups is 1. The van der Waals surface area contributed by atoms with Crippen molar-refractivity contribution in [3.05, 3.63) is 65.2 Å². The molecule has 0 saturated carbocycles. The van der Waals surface area contributed by atoms with Crippen molar-refractivity contribution < 1.29 is 13.2 Å². The van der Waals surface area contributed by atoms with Crippen molar-refractivity contribution in [2.45, 2.75) is 46.5 Å². The van der Waals surface area contributed by atoms with Gasteiger partial charge in [0, 0.05) is 37.7 Å². The average molecular weight is 575 g/mol. The number of hydrogen-bond donors (Lipinski definition) is 2. The van der Waals surface area contributed by atoms with Crippen LogP contribution in [0.15, 0.2) is 47.7 Å². The standard InChI is InChI=1S/C22H28F3N7.HI/c1-4-26-21(27-9-5-11-31-12-6-10-29-31)28-15-18-7-8-19(14-20(18)22(23,24)25)32-17(3)13-16(2)30-32;/h6-8,10,12-14H,4-5,9,11,15H2,1-3H3,(H2,26,27,28);1H. The zero-order valence-electron chi connectivity index (χ0n) is 18.9. The second-order valence-corrected chi connectivity index (χ2v) is 7.42. The molecule has 2 heterocycles. The van der Waals surface area contributed by atoms with Gasteiger partial charge in [-0.3, -0.25) is 4.68 Å². The van der Waals surface area contributed by atoms with E-state index in [4.69, 9.17) is 0 Å². The van der Waals surface area contributed by atoms with Crippen LogP contribution in [-0.4, -0.2) is 38.6 Å². The number of guanidine groups is 1. The summed E-state index contributed by atoms with van der Waals surface area (Å²) in [6.45, 7) is 7.40. The fourth-order valence-corrected chi connectivity index (χ4v) is 3.37. The maximum atomic E-state index is 13.8. The molecule has 0 bridgehead atoms. The Bertz CT molecular complexity index is 1040. The second kappa shape index (κ2) is 12.1. The molecular formula is C22H29F3IN7. The molecule has 3 aromatic rings. The van der Waals surface area contributed by atoms with E-state index in [-0.39, 0.29) is 36.1 Å². The van der Waals surface area contributed by atoms with Gasteiger partial charge in [-0.15, -0.1) is 24.0 Å². The first-order valence-electron chi connectivity index (χ1n) is 10.5. The quantitative estimate of drug-likeness (QED) is 0.180. The van der Waals surface area contributed by atoms with E-state index in [1.54, 1.807) is 12.3 Å². The molecule has 0 unspecified atom stereocenters. The lowest BCUT2D eigenvalue weighted by Crippen LogP contribution is -2.38. The molecule has 3 rings (SSSR count). The van der Waals surface area contributed by atoms with Gasteiger partial charge in [0.05, 0.1) is 23.5 Å². The molecule has 0 amide bonds. The molecule has 7 nitrogen and oxygen atoms in total. The molecule has 180 valence electrons. The fraction of sp³-hybridized carbons (Fsp3) is 0.409. The highest BCUT2D eigenvalue weighted by molar-refractivity contribution is 14.0. The first-order chi connectivity index (χ1) is 15.3. The Balaban J connectivity index is 0.00000385. The van der Waals surface area contributed by atoms with Gasteiger partial charge in [-0.05, 0) is 57.0 Å². The van der Waals surface area contributed by atoms with Gasteiger partial charge in [-0.25, -0.2) is 9.67 Å². The van der Waals surface area contributed by atoms with E-state index in [1.807, 2.05) is 43.8 Å². The van der Waals surface area contributed by atoms with E-state index in [0.29, 0.717) is 24.7 Å². The Morgan fingerprint density at radius 1 is 1.15 bits per heavy atom. The van der Waals surface area contributed by atoms with Crippen LogP contribution in [0.1, 0.15) is 35.9 Å². The molecular weight excluding hydrogens is 546 g/mol. The van der Waals surface area contributed by atoms with Crippen molar-refractivity contribution in [1.82, 2.24) is 30.2 Å². The van der Waals surface area contributed by atoms with Gasteiger partial charge < -0.3 is 10.6 Å². The van der Waals surface area contributed by atoms with Gasteiger partial charge in [-0.2, -0.15) is 23.4 Å². The smallest absolute Gasteiger partial charge is 0.357 e. The molecule has 0 spiro atoms. The largest absolute Gasteiger partial charge is 0.416 e. The summed E-state index contributed by atoms with van der Waals surface area (Å²) in [5, 5.41) is 14.7. The first-order valence-corrected chi connectivity index (χ1v) is 10.5. The minimum atomic E-state index is -4.49. The van der Waals surface area contributed by atoms with Crippen LogP contribution in [0.2, 0.25) is 0 Å². The lowest BCUT2D eigenvalue weighted by Gasteiger charge is -2.15. The number of aromatic nitrogens is 4. The molecule has 33 heavy (non-hydrogen) atoms. The Kier molecular flexibility index (Phi) is 9.74. The van der Waals surface area contributed by atoms with Crippen molar-refractivity contribution in [2.24, 2.45) is 4.99 Å². The number of benzene rings is 1. The van der Waals surface area contributed by atoms with Crippen LogP contribution >= 0.6 is 24.0 Å². The summed E-state index contributed by atoms with van der Waals surface area (Å²) in [6, 6.07) is 7.93. The summed E-state index contributed by atoms with van der Waals surface area (Å²) in [5.74, 6) is 0.476. The van der Waals surface area contributed by atoms with Crippen molar-refractivity contribution in [1.29, 1.82) is 0 Å². The zero-order valence-corrected chi connectivity index (χ0v) is 21.2. The number of hydrogen-bond acceptors (Lipinski definition) is 3. The number of alkyl halides is 3. The van der Waals surface area contributed by atoms with Gasteiger partial charge in [0.15, 0.2) is 5.96 Å². The maximum absolute atomic E-state index is 13.8. The van der Waals surface area contributed by atoms with E-state index in [1.165, 1.54) is 10.7 Å². The molecule has 0 atom stereocenters. The Morgan fingerprint density at radius 3 is 2.55 bits per heavy atom. The summed E-state index contributed by atoms with van der Waals surface area (Å²) in [6.07, 6.45) is -0.0886. The van der Waals surface area contributed by atoms with E-state index < -0.39 is 11.7 Å². The van der Waals surface area contributed by atoms with Gasteiger partial charge in [-0.1, -0.05) is 6.07 Å². The molecule has 0 aliphatic heterocycles. The highest BCUT2D eigenvalue weighted by atomic mass is 127. The molecule has 2 N–H and O–H groups in total. The molecule has 0 fully saturated rings. The van der Waals surface area contributed by atoms with Crippen LogP contribution in [0.25, 0.3) is 5.69 Å². The molecule has 0 aliphatic carbocycles. The van der Waals surface area contributed by atoms with E-state index in [2.05, 4.69) is 25.8 Å². The van der Waals surface area contributed by atoms with Crippen LogP contribution < -0.4 is 10.6 Å². The molecule has 2 aromatic heterocycles. The van der Waals surface area contributed by atoms with Gasteiger partial charge in [0.25, 0.3) is 0 Å². The van der Waals surface area contributed by atoms with Crippen LogP contribution in [0.5, 0.6) is 0 Å². The minimum Gasteiger partial charge on any atom is -0.357 e. The normalized spacial score (nSPS) is 11.9. The molecule has 0 radical (unpaired) electrons. The van der Waals surface area contributed by atoms with Crippen molar-refractivity contribution in [3.63, 3.8) is 0 Å². The average Bonchev–Trinajstić information content (AvgIpc) is 3.37. The van der Waals surface area contributed by atoms with Crippen LogP contribution in [0.3, 0.4) is 0 Å². The highest BCUT2D eigenvalue weighted by Crippen LogP contribution is 2.34. The number of halogens is 4. The monoisotopic (exact) mass is 575 g/mol. The molecule has 11 heteroatoms. The summed E-state index contributed by atoms with van der Waals surface area (Å²) in [4.78, 5) is 4.37. The third kappa shape index (κ3) is 7.47. The third-order valence-electron chi connectivity index (χ3n) is 4.82. The topological polar surface area (TPSA) is 72.1 Å². The van der Waals surface area contributed by atoms with E-state index in [9.17, 15) is 13.2 Å². The van der Waals surface area contributed by atoms with Gasteiger partial charge in [0.1, 0.15) is 0 Å². The first kappa shape index (κ1) is 26.7. The Morgan fingerprint density at radius 2 is 1.94 bits per heavy atom. The van der Waals surface area contributed by atoms with Crippen LogP contribution in [-0.2, 0) is 19.3 Å². The highest BCUT2D eigenvalue weighted by Gasteiger charge is 2.33. The predicted octanol–water partition coefficient (Wildman–Crippen LogP) is 4.47. The minimum absolute atomic E-state index is 0. The number of aryl methyl sites for hydroxylation is 3. The third-order valence-corrected chi connectivity index (χ3v) is 4.82. The summed E-state index contributed by atoms with van der Waals surface area (Å²) >= 11 is 0. The molecule has 1 aromatic carbocycles. The Hall–Kier alpha value is -2.57. The predicted molar refractivity (Wildman–Crippen MR) is 133 cm³/mol.